The first-order chi connectivity index (χ1) is 5.60. The summed E-state index contributed by atoms with van der Waals surface area (Å²) in [6.45, 7) is 5.71. The van der Waals surface area contributed by atoms with Gasteiger partial charge in [-0.2, -0.15) is 0 Å². The van der Waals surface area contributed by atoms with E-state index in [1.807, 2.05) is 13.0 Å². The molecule has 1 aliphatic rings. The van der Waals surface area contributed by atoms with Crippen molar-refractivity contribution in [2.75, 3.05) is 0 Å². The van der Waals surface area contributed by atoms with E-state index in [2.05, 4.69) is 6.58 Å². The topological polar surface area (TPSA) is 40.1 Å². The molecule has 70 valence electrons. The summed E-state index contributed by atoms with van der Waals surface area (Å²) in [5.74, 6) is 0. The Labute approximate surface area is 105 Å². The van der Waals surface area contributed by atoms with Crippen molar-refractivity contribution < 1.29 is 38.3 Å². The van der Waals surface area contributed by atoms with Crippen LogP contribution in [0, 0.1) is 5.41 Å². The maximum Gasteiger partial charge on any atom is 1.00 e. The van der Waals surface area contributed by atoms with Gasteiger partial charge in [0.1, 0.15) is 0 Å². The molecule has 2 nitrogen and oxygen atoms in total. The quantitative estimate of drug-likeness (QED) is 0.341. The normalized spacial score (nSPS) is 35.1. The van der Waals surface area contributed by atoms with Crippen LogP contribution in [-0.4, -0.2) is 14.0 Å². The zero-order chi connectivity index (χ0) is 9.19. The Morgan fingerprint density at radius 3 is 2.85 bits per heavy atom. The van der Waals surface area contributed by atoms with Crippen LogP contribution in [0.5, 0.6) is 0 Å². The maximum absolute atomic E-state index is 10.9. The Morgan fingerprint density at radius 1 is 1.77 bits per heavy atom. The molecule has 0 aromatic heterocycles. The predicted octanol–water partition coefficient (Wildman–Crippen LogP) is -0.996. The first kappa shape index (κ1) is 13.8. The van der Waals surface area contributed by atoms with E-state index in [4.69, 9.17) is 0 Å². The van der Waals surface area contributed by atoms with Crippen LogP contribution in [-0.2, 0) is 11.1 Å². The van der Waals surface area contributed by atoms with Crippen molar-refractivity contribution in [1.29, 1.82) is 0 Å². The van der Waals surface area contributed by atoms with Crippen LogP contribution >= 0.6 is 0 Å². The summed E-state index contributed by atoms with van der Waals surface area (Å²) in [6, 6.07) is 0. The van der Waals surface area contributed by atoms with Gasteiger partial charge in [-0.1, -0.05) is 30.5 Å². The minimum atomic E-state index is -1.91. The Balaban J connectivity index is 0.00000144. The summed E-state index contributed by atoms with van der Waals surface area (Å²) in [6.07, 6.45) is 5.50. The molecule has 4 heteroatoms. The van der Waals surface area contributed by atoms with Crippen LogP contribution < -0.4 is 29.6 Å². The standard InChI is InChI=1S/C9H16O2S.Na/c1-3-6-9(2)7-4-5-8(9)12(10)11;/h3,8H,1,4-7H2,2H3,(H,10,11);/q;+1/p-1/t8-,9-;/m1./s1. The molecular formula is C9H15NaO2S. The Bertz CT molecular complexity index is 208. The summed E-state index contributed by atoms with van der Waals surface area (Å²) in [7, 11) is 0. The van der Waals surface area contributed by atoms with Crippen LogP contribution in [0.2, 0.25) is 0 Å². The van der Waals surface area contributed by atoms with Crippen LogP contribution in [0.1, 0.15) is 32.6 Å². The van der Waals surface area contributed by atoms with Gasteiger partial charge in [-0.05, 0) is 24.7 Å². The van der Waals surface area contributed by atoms with Gasteiger partial charge in [0.05, 0.1) is 0 Å². The molecule has 0 aromatic rings. The monoisotopic (exact) mass is 210 g/mol. The van der Waals surface area contributed by atoms with Gasteiger partial charge in [0, 0.05) is 5.25 Å². The summed E-state index contributed by atoms with van der Waals surface area (Å²) >= 11 is -1.91. The van der Waals surface area contributed by atoms with E-state index in [-0.39, 0.29) is 40.2 Å². The predicted molar refractivity (Wildman–Crippen MR) is 49.5 cm³/mol. The minimum absolute atomic E-state index is 0. The van der Waals surface area contributed by atoms with Crippen molar-refractivity contribution in [2.45, 2.75) is 37.9 Å². The van der Waals surface area contributed by atoms with Crippen molar-refractivity contribution in [3.8, 4) is 0 Å². The molecule has 0 heterocycles. The molecule has 0 N–H and O–H groups in total. The first-order valence-electron chi connectivity index (χ1n) is 4.29. The Hall–Kier alpha value is 0.850. The third kappa shape index (κ3) is 3.17. The molecule has 1 fully saturated rings. The molecule has 13 heavy (non-hydrogen) atoms. The SMILES string of the molecule is C=CC[C@]1(C)CCC[C@H]1S(=O)[O-].[Na+]. The maximum atomic E-state index is 10.9. The van der Waals surface area contributed by atoms with E-state index >= 15 is 0 Å². The third-order valence-corrected chi connectivity index (χ3v) is 4.10. The average molecular weight is 210 g/mol. The molecule has 0 bridgehead atoms. The Morgan fingerprint density at radius 2 is 2.38 bits per heavy atom. The van der Waals surface area contributed by atoms with E-state index in [1.54, 1.807) is 0 Å². The van der Waals surface area contributed by atoms with Gasteiger partial charge in [-0.15, -0.1) is 6.58 Å². The summed E-state index contributed by atoms with van der Waals surface area (Å²) in [5, 5.41) is -0.157. The van der Waals surface area contributed by atoms with Crippen molar-refractivity contribution in [2.24, 2.45) is 5.41 Å². The largest absolute Gasteiger partial charge is 1.00 e. The van der Waals surface area contributed by atoms with Crippen LogP contribution in [0.25, 0.3) is 0 Å². The van der Waals surface area contributed by atoms with E-state index < -0.39 is 11.1 Å². The van der Waals surface area contributed by atoms with Crippen molar-refractivity contribution in [3.05, 3.63) is 12.7 Å². The third-order valence-electron chi connectivity index (χ3n) is 2.83. The molecule has 0 saturated heterocycles. The molecule has 3 atom stereocenters. The average Bonchev–Trinajstić information content (AvgIpc) is 2.32. The zero-order valence-electron chi connectivity index (χ0n) is 8.41. The van der Waals surface area contributed by atoms with Gasteiger partial charge >= 0.3 is 29.6 Å². The molecule has 0 aliphatic heterocycles. The molecule has 0 amide bonds. The summed E-state index contributed by atoms with van der Waals surface area (Å²) in [5.41, 5.74) is -0.0473. The van der Waals surface area contributed by atoms with E-state index in [0.29, 0.717) is 0 Å². The van der Waals surface area contributed by atoms with E-state index in [0.717, 1.165) is 25.7 Å². The second kappa shape index (κ2) is 5.66. The minimum Gasteiger partial charge on any atom is -0.772 e. The Kier molecular flexibility index (Phi) is 6.03. The fourth-order valence-corrected chi connectivity index (χ4v) is 3.13. The number of allylic oxidation sites excluding steroid dienone is 1. The fraction of sp³-hybridized carbons (Fsp3) is 0.778. The smallest absolute Gasteiger partial charge is 0.772 e. The number of hydrogen-bond acceptors (Lipinski definition) is 2. The van der Waals surface area contributed by atoms with Gasteiger partial charge < -0.3 is 4.55 Å². The van der Waals surface area contributed by atoms with Gasteiger partial charge in [0.25, 0.3) is 0 Å². The molecule has 1 rings (SSSR count). The molecule has 0 radical (unpaired) electrons. The molecule has 1 saturated carbocycles. The van der Waals surface area contributed by atoms with Gasteiger partial charge in [-0.25, -0.2) is 0 Å². The van der Waals surface area contributed by atoms with E-state index in [9.17, 15) is 8.76 Å². The zero-order valence-corrected chi connectivity index (χ0v) is 11.2. The van der Waals surface area contributed by atoms with Crippen LogP contribution in [0.15, 0.2) is 12.7 Å². The van der Waals surface area contributed by atoms with Gasteiger partial charge in [0.15, 0.2) is 0 Å². The number of hydrogen-bond donors (Lipinski definition) is 0. The number of rotatable bonds is 3. The second-order valence-electron chi connectivity index (χ2n) is 3.79. The van der Waals surface area contributed by atoms with Crippen molar-refractivity contribution in [1.82, 2.24) is 0 Å². The van der Waals surface area contributed by atoms with Crippen molar-refractivity contribution in [3.63, 3.8) is 0 Å². The molecular weight excluding hydrogens is 195 g/mol. The molecule has 0 aromatic carbocycles. The van der Waals surface area contributed by atoms with Crippen LogP contribution in [0.3, 0.4) is 0 Å². The summed E-state index contributed by atoms with van der Waals surface area (Å²) in [4.78, 5) is 0. The molecule has 0 spiro atoms. The second-order valence-corrected chi connectivity index (χ2v) is 4.88. The van der Waals surface area contributed by atoms with Crippen LogP contribution in [0.4, 0.5) is 0 Å². The fourth-order valence-electron chi connectivity index (χ4n) is 2.09. The van der Waals surface area contributed by atoms with Crippen molar-refractivity contribution >= 4 is 11.1 Å². The molecule has 1 unspecified atom stereocenters. The van der Waals surface area contributed by atoms with Gasteiger partial charge in [-0.3, -0.25) is 4.21 Å². The molecule has 1 aliphatic carbocycles. The summed E-state index contributed by atoms with van der Waals surface area (Å²) < 4.78 is 21.7. The van der Waals surface area contributed by atoms with Gasteiger partial charge in [0.2, 0.25) is 0 Å². The van der Waals surface area contributed by atoms with E-state index in [1.165, 1.54) is 0 Å². The first-order valence-corrected chi connectivity index (χ1v) is 5.43.